The monoisotopic (exact) mass is 242 g/mol. The minimum atomic E-state index is -1.18. The largest absolute Gasteiger partial charge is 0.478 e. The van der Waals surface area contributed by atoms with Gasteiger partial charge in [0, 0.05) is 22.7 Å². The van der Waals surface area contributed by atoms with Crippen LogP contribution in [-0.4, -0.2) is 16.0 Å². The summed E-state index contributed by atoms with van der Waals surface area (Å²) in [6.45, 7) is 0. The molecule has 0 heterocycles. The lowest BCUT2D eigenvalue weighted by atomic mass is 10.1. The second-order valence-electron chi connectivity index (χ2n) is 2.86. The predicted molar refractivity (Wildman–Crippen MR) is 59.2 cm³/mol. The van der Waals surface area contributed by atoms with Crippen LogP contribution in [0.4, 0.5) is 11.4 Å². The number of carbonyl (C=O) groups is 1. The molecule has 7 heteroatoms. The number of carboxylic acids is 1. The number of anilines is 1. The van der Waals surface area contributed by atoms with E-state index in [1.54, 1.807) is 0 Å². The zero-order valence-electron chi connectivity index (χ0n) is 7.88. The molecule has 3 N–H and O–H groups in total. The average Bonchev–Trinajstić information content (AvgIpc) is 2.18. The summed E-state index contributed by atoms with van der Waals surface area (Å²) in [6.07, 6.45) is 1.97. The van der Waals surface area contributed by atoms with Crippen molar-refractivity contribution in [1.29, 1.82) is 0 Å². The molecule has 0 fully saturated rings. The normalized spacial score (nSPS) is 10.6. The summed E-state index contributed by atoms with van der Waals surface area (Å²) in [6, 6.07) is 2.46. The highest BCUT2D eigenvalue weighted by Gasteiger charge is 2.15. The zero-order valence-corrected chi connectivity index (χ0v) is 8.64. The van der Waals surface area contributed by atoms with E-state index in [1.807, 2.05) is 0 Å². The number of nitro benzene ring substituents is 1. The van der Waals surface area contributed by atoms with Crippen LogP contribution in [0.5, 0.6) is 0 Å². The van der Waals surface area contributed by atoms with Gasteiger partial charge in [0.15, 0.2) is 0 Å². The van der Waals surface area contributed by atoms with Gasteiger partial charge in [-0.1, -0.05) is 11.6 Å². The standard InChI is InChI=1S/C9H7ClN2O4/c10-6-3-5(1-2-8(13)14)9(11)7(4-6)12(15)16/h1-4H,11H2,(H,13,14). The Kier molecular flexibility index (Phi) is 3.47. The third-order valence-electron chi connectivity index (χ3n) is 1.76. The lowest BCUT2D eigenvalue weighted by Crippen LogP contribution is -1.98. The van der Waals surface area contributed by atoms with Crippen LogP contribution in [0.1, 0.15) is 5.56 Å². The van der Waals surface area contributed by atoms with E-state index in [9.17, 15) is 14.9 Å². The van der Waals surface area contributed by atoms with Crippen LogP contribution in [0.2, 0.25) is 5.02 Å². The number of nitrogens with zero attached hydrogens (tertiary/aromatic N) is 1. The third kappa shape index (κ3) is 2.71. The van der Waals surface area contributed by atoms with Crippen LogP contribution in [0, 0.1) is 10.1 Å². The van der Waals surface area contributed by atoms with Crippen LogP contribution in [0.25, 0.3) is 6.08 Å². The quantitative estimate of drug-likeness (QED) is 0.364. The SMILES string of the molecule is Nc1c(C=CC(=O)O)cc(Cl)cc1[N+](=O)[O-]. The summed E-state index contributed by atoms with van der Waals surface area (Å²) in [5.74, 6) is -1.18. The summed E-state index contributed by atoms with van der Waals surface area (Å²) >= 11 is 5.64. The topological polar surface area (TPSA) is 106 Å². The molecule has 0 saturated heterocycles. The van der Waals surface area contributed by atoms with Crippen LogP contribution in [-0.2, 0) is 4.79 Å². The lowest BCUT2D eigenvalue weighted by molar-refractivity contribution is -0.383. The summed E-state index contributed by atoms with van der Waals surface area (Å²) < 4.78 is 0. The molecule has 1 aromatic carbocycles. The highest BCUT2D eigenvalue weighted by atomic mass is 35.5. The maximum Gasteiger partial charge on any atom is 0.328 e. The fraction of sp³-hybridized carbons (Fsp3) is 0. The number of carboxylic acid groups (broad SMARTS) is 1. The van der Waals surface area contributed by atoms with Gasteiger partial charge < -0.3 is 10.8 Å². The van der Waals surface area contributed by atoms with Crippen molar-refractivity contribution in [3.05, 3.63) is 38.9 Å². The van der Waals surface area contributed by atoms with E-state index in [0.29, 0.717) is 0 Å². The van der Waals surface area contributed by atoms with Gasteiger partial charge in [-0.2, -0.15) is 0 Å². The molecule has 0 bridgehead atoms. The molecule has 0 aliphatic rings. The first-order chi connectivity index (χ1) is 7.41. The Labute approximate surface area is 95.1 Å². The third-order valence-corrected chi connectivity index (χ3v) is 1.98. The van der Waals surface area contributed by atoms with E-state index >= 15 is 0 Å². The van der Waals surface area contributed by atoms with Crippen molar-refractivity contribution in [3.63, 3.8) is 0 Å². The first-order valence-corrected chi connectivity index (χ1v) is 4.44. The van der Waals surface area contributed by atoms with Gasteiger partial charge in [0.1, 0.15) is 5.69 Å². The number of benzene rings is 1. The fourth-order valence-corrected chi connectivity index (χ4v) is 1.30. The average molecular weight is 243 g/mol. The Morgan fingerprint density at radius 3 is 2.69 bits per heavy atom. The second kappa shape index (κ2) is 4.63. The molecular weight excluding hydrogens is 236 g/mol. The number of nitrogen functional groups attached to an aromatic ring is 1. The minimum Gasteiger partial charge on any atom is -0.478 e. The molecule has 0 amide bonds. The predicted octanol–water partition coefficient (Wildman–Crippen LogP) is 1.93. The number of aliphatic carboxylic acids is 1. The van der Waals surface area contributed by atoms with Crippen LogP contribution in [0.3, 0.4) is 0 Å². The first-order valence-electron chi connectivity index (χ1n) is 4.06. The van der Waals surface area contributed by atoms with Crippen molar-refractivity contribution >= 4 is 35.0 Å². The summed E-state index contributed by atoms with van der Waals surface area (Å²) in [5.41, 5.74) is 5.22. The van der Waals surface area contributed by atoms with Crippen molar-refractivity contribution in [3.8, 4) is 0 Å². The Morgan fingerprint density at radius 2 is 2.19 bits per heavy atom. The number of hydrogen-bond donors (Lipinski definition) is 2. The van der Waals surface area contributed by atoms with Gasteiger partial charge in [0.2, 0.25) is 0 Å². The maximum atomic E-state index is 10.6. The van der Waals surface area contributed by atoms with E-state index in [4.69, 9.17) is 22.4 Å². The molecule has 16 heavy (non-hydrogen) atoms. The van der Waals surface area contributed by atoms with Crippen molar-refractivity contribution < 1.29 is 14.8 Å². The van der Waals surface area contributed by atoms with Crippen molar-refractivity contribution in [1.82, 2.24) is 0 Å². The maximum absolute atomic E-state index is 10.6. The molecule has 0 aliphatic carbocycles. The highest BCUT2D eigenvalue weighted by Crippen LogP contribution is 2.30. The van der Waals surface area contributed by atoms with Gasteiger partial charge in [-0.15, -0.1) is 0 Å². The van der Waals surface area contributed by atoms with Crippen LogP contribution in [0.15, 0.2) is 18.2 Å². The molecule has 0 atom stereocenters. The van der Waals surface area contributed by atoms with Crippen molar-refractivity contribution in [2.45, 2.75) is 0 Å². The van der Waals surface area contributed by atoms with E-state index in [-0.39, 0.29) is 22.0 Å². The molecule has 84 valence electrons. The molecule has 0 radical (unpaired) electrons. The Bertz CT molecular complexity index is 485. The van der Waals surface area contributed by atoms with E-state index < -0.39 is 10.9 Å². The van der Waals surface area contributed by atoms with Gasteiger partial charge in [-0.3, -0.25) is 10.1 Å². The first kappa shape index (κ1) is 12.0. The second-order valence-corrected chi connectivity index (χ2v) is 3.29. The van der Waals surface area contributed by atoms with Crippen LogP contribution < -0.4 is 5.73 Å². The Morgan fingerprint density at radius 1 is 1.56 bits per heavy atom. The number of nitrogens with two attached hydrogens (primary N) is 1. The molecule has 0 unspecified atom stereocenters. The summed E-state index contributed by atoms with van der Waals surface area (Å²) in [4.78, 5) is 20.2. The highest BCUT2D eigenvalue weighted by molar-refractivity contribution is 6.31. The Hall–Kier alpha value is -2.08. The van der Waals surface area contributed by atoms with Crippen molar-refractivity contribution in [2.75, 3.05) is 5.73 Å². The van der Waals surface area contributed by atoms with Crippen LogP contribution >= 0.6 is 11.6 Å². The lowest BCUT2D eigenvalue weighted by Gasteiger charge is -2.02. The summed E-state index contributed by atoms with van der Waals surface area (Å²) in [5, 5.41) is 19.1. The Balaban J connectivity index is 3.29. The fourth-order valence-electron chi connectivity index (χ4n) is 1.07. The van der Waals surface area contributed by atoms with Gasteiger partial charge in [-0.25, -0.2) is 4.79 Å². The van der Waals surface area contributed by atoms with E-state index in [0.717, 1.165) is 18.2 Å². The number of hydrogen-bond acceptors (Lipinski definition) is 4. The number of rotatable bonds is 3. The number of halogens is 1. The van der Waals surface area contributed by atoms with Crippen molar-refractivity contribution in [2.24, 2.45) is 0 Å². The molecule has 6 nitrogen and oxygen atoms in total. The molecule has 0 saturated carbocycles. The minimum absolute atomic E-state index is 0.117. The summed E-state index contributed by atoms with van der Waals surface area (Å²) in [7, 11) is 0. The molecule has 0 spiro atoms. The molecular formula is C9H7ClN2O4. The molecule has 1 rings (SSSR count). The van der Waals surface area contributed by atoms with E-state index in [2.05, 4.69) is 0 Å². The van der Waals surface area contributed by atoms with E-state index in [1.165, 1.54) is 6.07 Å². The molecule has 0 aromatic heterocycles. The van der Waals surface area contributed by atoms with Gasteiger partial charge in [-0.05, 0) is 12.1 Å². The van der Waals surface area contributed by atoms with Gasteiger partial charge >= 0.3 is 5.97 Å². The molecule has 1 aromatic rings. The van der Waals surface area contributed by atoms with Gasteiger partial charge in [0.25, 0.3) is 5.69 Å². The van der Waals surface area contributed by atoms with Gasteiger partial charge in [0.05, 0.1) is 4.92 Å². The number of nitro groups is 1. The zero-order chi connectivity index (χ0) is 12.3. The smallest absolute Gasteiger partial charge is 0.328 e. The molecule has 0 aliphatic heterocycles.